The maximum Gasteiger partial charge on any atom is 0.328 e. The third-order valence-corrected chi connectivity index (χ3v) is 7.70. The molecule has 1 fully saturated rings. The summed E-state index contributed by atoms with van der Waals surface area (Å²) in [4.78, 5) is 31.8. The van der Waals surface area contributed by atoms with Crippen LogP contribution in [0.3, 0.4) is 0 Å². The van der Waals surface area contributed by atoms with Gasteiger partial charge in [-0.05, 0) is 75.8 Å². The molecule has 0 bridgehead atoms. The Kier molecular flexibility index (Phi) is 7.95. The molecule has 10 heteroatoms. The number of nitrogens with zero attached hydrogens (tertiary/aromatic N) is 3. The lowest BCUT2D eigenvalue weighted by atomic mass is 9.90. The number of urea groups is 1. The van der Waals surface area contributed by atoms with Crippen molar-refractivity contribution in [2.24, 2.45) is 4.99 Å². The van der Waals surface area contributed by atoms with E-state index in [0.29, 0.717) is 25.3 Å². The molecular weight excluding hydrogens is 556 g/mol. The summed E-state index contributed by atoms with van der Waals surface area (Å²) >= 11 is 0. The fraction of sp³-hybridized carbons (Fsp3) is 0.219. The van der Waals surface area contributed by atoms with Gasteiger partial charge < -0.3 is 25.2 Å². The summed E-state index contributed by atoms with van der Waals surface area (Å²) in [6.45, 7) is 0.365. The zero-order valence-corrected chi connectivity index (χ0v) is 24.0. The van der Waals surface area contributed by atoms with Crippen LogP contribution in [0.25, 0.3) is 21.9 Å². The number of carbonyl (C=O) groups excluding carboxylic acids is 2. The van der Waals surface area contributed by atoms with Crippen LogP contribution in [-0.2, 0) is 11.2 Å². The fourth-order valence-corrected chi connectivity index (χ4v) is 5.47. The van der Waals surface area contributed by atoms with Gasteiger partial charge in [0.15, 0.2) is 6.17 Å². The Morgan fingerprint density at radius 1 is 0.905 bits per heavy atom. The molecule has 216 valence electrons. The van der Waals surface area contributed by atoms with Gasteiger partial charge in [-0.15, -0.1) is 12.4 Å². The van der Waals surface area contributed by atoms with E-state index >= 15 is 0 Å². The number of likely N-dealkylation sites (N-methyl/N-ethyl adjacent to an activating group) is 2. The molecule has 2 aliphatic heterocycles. The number of aliphatic imine (C=N–C) groups is 1. The van der Waals surface area contributed by atoms with Crippen molar-refractivity contribution in [3.05, 3.63) is 90.0 Å². The van der Waals surface area contributed by atoms with Crippen molar-refractivity contribution in [3.63, 3.8) is 0 Å². The molecule has 2 heterocycles. The largest absolute Gasteiger partial charge is 0.508 e. The highest BCUT2D eigenvalue weighted by atomic mass is 35.5. The van der Waals surface area contributed by atoms with E-state index in [1.165, 1.54) is 11.9 Å². The minimum atomic E-state index is -0.568. The van der Waals surface area contributed by atoms with Crippen LogP contribution in [0.4, 0.5) is 4.79 Å². The van der Waals surface area contributed by atoms with Crippen LogP contribution in [0.2, 0.25) is 0 Å². The highest BCUT2D eigenvalue weighted by molar-refractivity contribution is 6.03. The predicted octanol–water partition coefficient (Wildman–Crippen LogP) is 4.92. The molecule has 2 atom stereocenters. The van der Waals surface area contributed by atoms with Crippen LogP contribution in [0, 0.1) is 0 Å². The summed E-state index contributed by atoms with van der Waals surface area (Å²) in [6, 6.07) is 23.6. The number of hydrogen-bond donors (Lipinski definition) is 3. The summed E-state index contributed by atoms with van der Waals surface area (Å²) in [6.07, 6.45) is 0.605. The minimum Gasteiger partial charge on any atom is -0.508 e. The zero-order valence-electron chi connectivity index (χ0n) is 23.2. The second-order valence-corrected chi connectivity index (χ2v) is 10.4. The number of phenols is 2. The van der Waals surface area contributed by atoms with E-state index in [9.17, 15) is 19.8 Å². The number of rotatable bonds is 7. The molecule has 3 amide bonds. The predicted molar refractivity (Wildman–Crippen MR) is 163 cm³/mol. The number of aromatic hydroxyl groups is 2. The lowest BCUT2D eigenvalue weighted by Crippen LogP contribution is -2.63. The van der Waals surface area contributed by atoms with Gasteiger partial charge in [-0.2, -0.15) is 0 Å². The molecule has 6 rings (SSSR count). The summed E-state index contributed by atoms with van der Waals surface area (Å²) in [7, 11) is 3.12. The van der Waals surface area contributed by atoms with E-state index in [4.69, 9.17) is 4.74 Å². The number of halogens is 1. The van der Waals surface area contributed by atoms with Crippen LogP contribution in [0.5, 0.6) is 17.2 Å². The number of phenolic OH excluding ortho intramolecular Hbond substituents is 2. The molecular formula is C32H31ClN4O5. The van der Waals surface area contributed by atoms with Crippen molar-refractivity contribution >= 4 is 41.0 Å². The molecule has 0 aliphatic carbocycles. The van der Waals surface area contributed by atoms with Gasteiger partial charge in [0.25, 0.3) is 5.91 Å². The quantitative estimate of drug-likeness (QED) is 0.283. The highest BCUT2D eigenvalue weighted by Crippen LogP contribution is 2.34. The van der Waals surface area contributed by atoms with Gasteiger partial charge in [0.05, 0.1) is 6.61 Å². The van der Waals surface area contributed by atoms with E-state index in [1.807, 2.05) is 48.5 Å². The van der Waals surface area contributed by atoms with E-state index in [1.54, 1.807) is 31.3 Å². The number of nitrogens with one attached hydrogen (secondary N) is 1. The van der Waals surface area contributed by atoms with E-state index in [2.05, 4.69) is 16.4 Å². The SMILES string of the molecule is CN1C(=O)C2NC(CCOc3ccc(Cc4c(-c5ccc(O)cc5)ccc5cc(O)ccc45)cc3)=NC2N(C)C1=O.Cl. The molecule has 0 spiro atoms. The number of amides is 3. The first-order chi connectivity index (χ1) is 19.8. The number of imide groups is 1. The molecule has 9 nitrogen and oxygen atoms in total. The smallest absolute Gasteiger partial charge is 0.328 e. The minimum absolute atomic E-state index is 0. The Bertz CT molecular complexity index is 1670. The number of fused-ring (bicyclic) bond motifs is 2. The van der Waals surface area contributed by atoms with Crippen molar-refractivity contribution in [2.75, 3.05) is 20.7 Å². The average molecular weight is 587 g/mol. The number of benzene rings is 4. The van der Waals surface area contributed by atoms with Crippen molar-refractivity contribution in [2.45, 2.75) is 25.0 Å². The monoisotopic (exact) mass is 586 g/mol. The maximum atomic E-state index is 12.5. The maximum absolute atomic E-state index is 12.5. The van der Waals surface area contributed by atoms with Crippen LogP contribution < -0.4 is 10.1 Å². The number of hydrogen-bond acceptors (Lipinski definition) is 7. The number of ether oxygens (including phenoxy) is 1. The third-order valence-electron chi connectivity index (χ3n) is 7.70. The van der Waals surface area contributed by atoms with E-state index in [0.717, 1.165) is 43.7 Å². The van der Waals surface area contributed by atoms with Crippen LogP contribution >= 0.6 is 12.4 Å². The van der Waals surface area contributed by atoms with Gasteiger partial charge in [0.1, 0.15) is 29.1 Å². The lowest BCUT2D eigenvalue weighted by molar-refractivity contribution is -0.133. The second kappa shape index (κ2) is 11.6. The molecule has 0 saturated carbocycles. The summed E-state index contributed by atoms with van der Waals surface area (Å²) in [5.41, 5.74) is 4.28. The first-order valence-electron chi connectivity index (χ1n) is 13.4. The third kappa shape index (κ3) is 5.43. The fourth-order valence-electron chi connectivity index (χ4n) is 5.47. The standard InChI is InChI=1S/C32H30N4O5.ClH/c1-35-30-29(31(39)36(2)32(35)40)33-28(34-30)15-16-41-24-11-3-19(4-12-24)17-27-25(20-5-8-22(37)9-6-20)13-7-21-18-23(38)10-14-26(21)27;/h3-14,18,29-30,37-38H,15-17H2,1-2H3,(H,33,34);1H. The molecule has 4 aromatic rings. The molecule has 42 heavy (non-hydrogen) atoms. The second-order valence-electron chi connectivity index (χ2n) is 10.4. The van der Waals surface area contributed by atoms with E-state index in [-0.39, 0.29) is 35.8 Å². The van der Waals surface area contributed by atoms with Crippen molar-refractivity contribution < 1.29 is 24.5 Å². The molecule has 3 N–H and O–H groups in total. The van der Waals surface area contributed by atoms with Crippen LogP contribution in [0.1, 0.15) is 17.5 Å². The van der Waals surface area contributed by atoms with Gasteiger partial charge in [-0.25, -0.2) is 9.79 Å². The average Bonchev–Trinajstić information content (AvgIpc) is 3.41. The number of carbonyl (C=O) groups is 2. The molecule has 0 aromatic heterocycles. The molecule has 4 aromatic carbocycles. The van der Waals surface area contributed by atoms with Crippen LogP contribution in [0.15, 0.2) is 83.9 Å². The lowest BCUT2D eigenvalue weighted by Gasteiger charge is -2.36. The van der Waals surface area contributed by atoms with Gasteiger partial charge >= 0.3 is 6.03 Å². The van der Waals surface area contributed by atoms with E-state index < -0.39 is 12.2 Å². The Hall–Kier alpha value is -4.76. The Morgan fingerprint density at radius 3 is 2.36 bits per heavy atom. The Morgan fingerprint density at radius 2 is 1.62 bits per heavy atom. The Labute approximate surface area is 249 Å². The zero-order chi connectivity index (χ0) is 28.7. The molecule has 2 unspecified atom stereocenters. The van der Waals surface area contributed by atoms with Gasteiger partial charge in [-0.1, -0.05) is 42.5 Å². The molecule has 2 aliphatic rings. The molecule has 1 saturated heterocycles. The van der Waals surface area contributed by atoms with Crippen molar-refractivity contribution in [1.82, 2.24) is 15.1 Å². The summed E-state index contributed by atoms with van der Waals surface area (Å²) in [5.74, 6) is 1.51. The van der Waals surface area contributed by atoms with Crippen LogP contribution in [-0.4, -0.2) is 70.7 Å². The van der Waals surface area contributed by atoms with Crippen molar-refractivity contribution in [1.29, 1.82) is 0 Å². The Balaban J connectivity index is 0.00000353. The first kappa shape index (κ1) is 28.8. The topological polar surface area (TPSA) is 115 Å². The first-order valence-corrected chi connectivity index (χ1v) is 13.4. The highest BCUT2D eigenvalue weighted by Gasteiger charge is 2.46. The van der Waals surface area contributed by atoms with Gasteiger partial charge in [0.2, 0.25) is 0 Å². The van der Waals surface area contributed by atoms with Gasteiger partial charge in [-0.3, -0.25) is 9.69 Å². The summed E-state index contributed by atoms with van der Waals surface area (Å²) in [5, 5.41) is 24.9. The summed E-state index contributed by atoms with van der Waals surface area (Å²) < 4.78 is 5.96. The van der Waals surface area contributed by atoms with Gasteiger partial charge in [0, 0.05) is 20.5 Å². The normalized spacial score (nSPS) is 17.9. The van der Waals surface area contributed by atoms with Crippen molar-refractivity contribution in [3.8, 4) is 28.4 Å². The molecule has 0 radical (unpaired) electrons. The number of amidine groups is 1.